The molecule has 0 spiro atoms. The van der Waals surface area contributed by atoms with Gasteiger partial charge in [-0.2, -0.15) is 0 Å². The molecule has 4 atom stereocenters. The number of hydrogen-bond donors (Lipinski definition) is 6. The molecular weight excluding hydrogens is 1810 g/mol. The number of ether oxygens (including phenoxy) is 6. The number of nitrogens with zero attached hydrogens (tertiary/aromatic N) is 4. The van der Waals surface area contributed by atoms with E-state index in [9.17, 15) is 62.0 Å². The van der Waals surface area contributed by atoms with E-state index in [0.29, 0.717) is 132 Å². The number of halogens is 1. The minimum absolute atomic E-state index is 0.0273. The first-order valence-corrected chi connectivity index (χ1v) is 53.5. The van der Waals surface area contributed by atoms with Crippen LogP contribution in [-0.4, -0.2) is 214 Å². The molecule has 130 heavy (non-hydrogen) atoms. The molecule has 4 unspecified atom stereocenters. The highest BCUT2D eigenvalue weighted by molar-refractivity contribution is 9.09. The van der Waals surface area contributed by atoms with Crippen molar-refractivity contribution in [3.05, 3.63) is 149 Å². The highest BCUT2D eigenvalue weighted by Gasteiger charge is 2.41. The maximum absolute atomic E-state index is 13.7. The standard InChI is InChI=1S/C48H63N5O10S2.C47H60BrN5O10S2/c1-4-42(54)50-31(2)29-61-24-25-62-30-32(3)51-43(55)16-6-5-7-19-49-64(56,57)35-17-18-36(41(28-35)65(58,59)60)44-39-26-33-12-8-20-52-22-10-14-37(45(33)52)47(39)63-48-38-15-11-23-53-21-9-13-34(46(38)53)27-40(44)48;1-30(28-61-22-23-62-29-31(2)51-42(55)27-48)50-41(54)14-4-3-5-17-49-64(56,57)34-15-16-35(40(26-34)65(58,59)60)43-38-24-32-10-6-18-52-20-8-12-36(44(32)52)46(38)63-47-37-13-9-21-53-19-7-11-33(45(37)53)25-39(43)47/h17-18,26-28,31-32,49H,4-16,19-25,29-30H2,1-3H3,(H2-,50,51,54,55,58,59,60);15-16,24-26,30-31,49H,3-14,17-23,27-29H2,1-2H3,(H2-,50,51,54,55,58,59,60). The average Bonchev–Trinajstić information content (AvgIpc) is 0.709. The fraction of sp³-hybridized carbons (Fsp3) is 0.558. The molecule has 4 amide bonds. The number of nitrogens with one attached hydrogen (secondary N) is 6. The van der Waals surface area contributed by atoms with Gasteiger partial charge in [0, 0.05) is 186 Å². The summed E-state index contributed by atoms with van der Waals surface area (Å²) < 4.78 is 181. The number of carbonyl (C=O) groups excluding carboxylic acids is 4. The Labute approximate surface area is 771 Å². The van der Waals surface area contributed by atoms with Crippen LogP contribution in [0.4, 0.5) is 11.4 Å². The van der Waals surface area contributed by atoms with Crippen molar-refractivity contribution in [3.63, 3.8) is 0 Å². The Balaban J connectivity index is 0.000000199. The van der Waals surface area contributed by atoms with Crippen LogP contribution in [0.3, 0.4) is 0 Å². The largest absolute Gasteiger partial charge is 0.744 e. The molecule has 0 saturated carbocycles. The van der Waals surface area contributed by atoms with Gasteiger partial charge in [0.15, 0.2) is 0 Å². The number of fused-ring (bicyclic) bond motifs is 8. The highest BCUT2D eigenvalue weighted by Crippen LogP contribution is 2.52. The third-order valence-electron chi connectivity index (χ3n) is 26.0. The van der Waals surface area contributed by atoms with Gasteiger partial charge in [-0.05, 0) is 190 Å². The summed E-state index contributed by atoms with van der Waals surface area (Å²) in [6, 6.07) is 15.6. The zero-order valence-electron chi connectivity index (χ0n) is 75.2. The van der Waals surface area contributed by atoms with Gasteiger partial charge in [-0.1, -0.05) is 47.8 Å². The summed E-state index contributed by atoms with van der Waals surface area (Å²) in [7, 11) is -18.8. The van der Waals surface area contributed by atoms with Crippen molar-refractivity contribution in [2.75, 3.05) is 133 Å². The molecule has 6 N–H and O–H groups in total. The van der Waals surface area contributed by atoms with Crippen LogP contribution in [0.5, 0.6) is 23.0 Å². The van der Waals surface area contributed by atoms with Crippen LogP contribution in [0.1, 0.15) is 211 Å². The van der Waals surface area contributed by atoms with Crippen molar-refractivity contribution in [1.82, 2.24) is 39.9 Å². The van der Waals surface area contributed by atoms with Crippen molar-refractivity contribution in [2.45, 2.75) is 239 Å². The lowest BCUT2D eigenvalue weighted by Crippen LogP contribution is -2.45. The normalized spacial score (nSPS) is 17.3. The molecule has 6 aromatic rings. The zero-order chi connectivity index (χ0) is 91.8. The first-order valence-electron chi connectivity index (χ1n) is 46.6. The van der Waals surface area contributed by atoms with Crippen molar-refractivity contribution >= 4 is 102 Å². The predicted octanol–water partition coefficient (Wildman–Crippen LogP) is 6.62. The lowest BCUT2D eigenvalue weighted by Gasteiger charge is -2.39. The molecule has 30 nitrogen and oxygen atoms in total. The fourth-order valence-electron chi connectivity index (χ4n) is 20.4. The smallest absolute Gasteiger partial charge is 0.240 e. The Morgan fingerprint density at radius 1 is 0.423 bits per heavy atom. The van der Waals surface area contributed by atoms with Crippen LogP contribution in [0.2, 0.25) is 0 Å². The molecule has 0 radical (unpaired) electrons. The summed E-state index contributed by atoms with van der Waals surface area (Å²) in [4.78, 5) is 51.0. The van der Waals surface area contributed by atoms with E-state index in [1.807, 2.05) is 27.7 Å². The quantitative estimate of drug-likeness (QED) is 0.0102. The maximum Gasteiger partial charge on any atom is 0.240 e. The minimum atomic E-state index is -5.18. The number of anilines is 2. The first kappa shape index (κ1) is 96.3. The van der Waals surface area contributed by atoms with Crippen molar-refractivity contribution in [1.29, 1.82) is 0 Å². The summed E-state index contributed by atoms with van der Waals surface area (Å²) in [5, 5.41) is 15.5. The van der Waals surface area contributed by atoms with Crippen molar-refractivity contribution in [2.24, 2.45) is 0 Å². The zero-order valence-corrected chi connectivity index (χ0v) is 80.0. The van der Waals surface area contributed by atoms with E-state index in [1.54, 1.807) is 6.92 Å². The lowest BCUT2D eigenvalue weighted by molar-refractivity contribution is -0.123. The number of aryl methyl sites for hydroxylation is 4. The van der Waals surface area contributed by atoms with Gasteiger partial charge in [0.25, 0.3) is 0 Å². The van der Waals surface area contributed by atoms with E-state index in [0.717, 1.165) is 211 Å². The van der Waals surface area contributed by atoms with E-state index in [1.165, 1.54) is 68.6 Å². The van der Waals surface area contributed by atoms with Gasteiger partial charge in [0.2, 0.25) is 54.4 Å². The third-order valence-corrected chi connectivity index (χ3v) is 31.2. The van der Waals surface area contributed by atoms with Crippen LogP contribution in [-0.2, 0) is 130 Å². The van der Waals surface area contributed by atoms with Crippen LogP contribution in [0.15, 0.2) is 80.2 Å². The molecule has 6 aromatic carbocycles. The van der Waals surface area contributed by atoms with Crippen LogP contribution >= 0.6 is 15.9 Å². The topological polar surface area (TPSA) is 391 Å². The number of hydrogen-bond acceptors (Lipinski definition) is 22. The summed E-state index contributed by atoms with van der Waals surface area (Å²) in [6.45, 7) is 19.8. The summed E-state index contributed by atoms with van der Waals surface area (Å²) >= 11 is 3.11. The van der Waals surface area contributed by atoms with E-state index in [2.05, 4.69) is 89.9 Å². The molecule has 0 fully saturated rings. The second-order valence-corrected chi connectivity index (χ2v) is 42.8. The van der Waals surface area contributed by atoms with Gasteiger partial charge < -0.3 is 68.6 Å². The van der Waals surface area contributed by atoms with Gasteiger partial charge in [-0.3, -0.25) is 19.2 Å². The van der Waals surface area contributed by atoms with Crippen molar-refractivity contribution < 1.29 is 90.4 Å². The minimum Gasteiger partial charge on any atom is -0.744 e. The van der Waals surface area contributed by atoms with Gasteiger partial charge in [-0.25, -0.2) is 52.3 Å². The molecule has 16 rings (SSSR count). The van der Waals surface area contributed by atoms with E-state index < -0.39 is 50.1 Å². The Bertz CT molecular complexity index is 5740. The second-order valence-electron chi connectivity index (χ2n) is 36.0. The van der Waals surface area contributed by atoms with Crippen molar-refractivity contribution in [3.8, 4) is 23.0 Å². The Kier molecular flexibility index (Phi) is 31.5. The number of alkyl halides is 1. The lowest BCUT2D eigenvalue weighted by atomic mass is 9.82. The third kappa shape index (κ3) is 22.2. The highest BCUT2D eigenvalue weighted by atomic mass is 79.9. The maximum atomic E-state index is 13.7. The predicted molar refractivity (Wildman–Crippen MR) is 494 cm³/mol. The molecule has 0 aliphatic carbocycles. The monoisotopic (exact) mass is 1930 g/mol. The number of carbonyl (C=O) groups is 4. The number of unbranched alkanes of at least 4 members (excludes halogenated alkanes) is 4. The summed E-state index contributed by atoms with van der Waals surface area (Å²) in [5.74, 6) is 2.39. The molecule has 0 saturated heterocycles. The van der Waals surface area contributed by atoms with Gasteiger partial charge in [-0.15, -0.1) is 0 Å². The summed E-state index contributed by atoms with van der Waals surface area (Å²) in [6.07, 6.45) is 18.6. The van der Waals surface area contributed by atoms with E-state index in [-0.39, 0.29) is 100.0 Å². The number of rotatable bonds is 40. The molecule has 704 valence electrons. The molecule has 0 aromatic heterocycles. The Morgan fingerprint density at radius 2 is 0.777 bits per heavy atom. The summed E-state index contributed by atoms with van der Waals surface area (Å²) in [5.41, 5.74) is 14.6. The number of sulfonamides is 2. The van der Waals surface area contributed by atoms with Gasteiger partial charge in [0.05, 0.1) is 88.9 Å². The second kappa shape index (κ2) is 42.5. The van der Waals surface area contributed by atoms with Crippen LogP contribution in [0, 0.1) is 0 Å². The molecule has 35 heteroatoms. The molecule has 0 bridgehead atoms. The Hall–Kier alpha value is -8.30. The van der Waals surface area contributed by atoms with Gasteiger partial charge in [0.1, 0.15) is 69.4 Å². The molecule has 10 aliphatic heterocycles. The SMILES string of the molecule is CC(COCCOCC(C)NC(=O)CCCCCNS(=O)(=O)c1ccc(C2=c3cc4c5c(c3Oc3c2cc2c6c3CCCN6CCC2)CCC[N+]=5CCC4)c(S(=O)(=O)[O-])c1)NC(=O)CBr.CCC(=O)NC(C)COCCOCC(C)NC(=O)CCCCCNS(=O)(=O)c1ccc(C2=c3cc4c5c(c3Oc3c2cc2c6c3CCCN6CCC2)CCC[N+]=5CCC4)c(S(=O)(=O)[O-])c1. The molecule has 10 aliphatic rings. The molecule has 10 heterocycles. The van der Waals surface area contributed by atoms with Gasteiger partial charge >= 0.3 is 0 Å². The fourth-order valence-corrected chi connectivity index (χ4v) is 24.3. The van der Waals surface area contributed by atoms with Crippen LogP contribution < -0.4 is 80.3 Å². The number of benzene rings is 6. The molecular formula is C95H123BrN10O20S4. The average molecular weight is 1930 g/mol. The van der Waals surface area contributed by atoms with E-state index >= 15 is 0 Å². The first-order chi connectivity index (χ1) is 62.5. The van der Waals surface area contributed by atoms with Crippen LogP contribution in [0.25, 0.3) is 11.1 Å². The Morgan fingerprint density at radius 3 is 1.15 bits per heavy atom. The number of amides is 4. The van der Waals surface area contributed by atoms with E-state index in [4.69, 9.17) is 28.4 Å².